The zero-order valence-corrected chi connectivity index (χ0v) is 28.9. The van der Waals surface area contributed by atoms with E-state index in [0.717, 1.165) is 16.0 Å². The second-order valence-corrected chi connectivity index (χ2v) is 13.0. The maximum atomic E-state index is 14.4. The minimum Gasteiger partial charge on any atom is -0.444 e. The molecule has 2 aromatic carbocycles. The lowest BCUT2D eigenvalue weighted by molar-refractivity contribution is -0.151. The zero-order valence-electron chi connectivity index (χ0n) is 28.9. The largest absolute Gasteiger partial charge is 0.444 e. The molecule has 0 spiro atoms. The Morgan fingerprint density at radius 3 is 1.89 bits per heavy atom. The number of aliphatic hydroxyl groups excluding tert-OH is 1. The van der Waals surface area contributed by atoms with Crippen LogP contribution in [0.15, 0.2) is 60.7 Å². The van der Waals surface area contributed by atoms with E-state index in [1.807, 2.05) is 60.7 Å². The van der Waals surface area contributed by atoms with Gasteiger partial charge in [-0.1, -0.05) is 74.5 Å². The predicted molar refractivity (Wildman–Crippen MR) is 181 cm³/mol. The fraction of sp³-hybridized carbons (Fsp3) is 0.583. The van der Waals surface area contributed by atoms with Crippen molar-refractivity contribution < 1.29 is 38.4 Å². The summed E-state index contributed by atoms with van der Waals surface area (Å²) in [7, 11) is 1.59. The van der Waals surface area contributed by atoms with Crippen LogP contribution in [0.3, 0.4) is 0 Å². The molecule has 0 saturated carbocycles. The highest BCUT2D eigenvalue weighted by Crippen LogP contribution is 2.22. The standard InChI is InChI=1S/C36H55N3O8/c1-26(2)32(38-35(43)47-36(3,4)5)34(42)39(17-18-45-21-22-46-20-19-44-6)33(41)29(23-27-13-9-7-10-14-27)25-31(40)30(37)24-28-15-11-8-12-16-28/h7-16,26,29-32,40H,17-25,37H2,1-6H3,(H,38,43)/t29-,30+,31+,32?/m1/s1. The van der Waals surface area contributed by atoms with Crippen LogP contribution in [0.5, 0.6) is 0 Å². The molecule has 4 N–H and O–H groups in total. The molecule has 0 aromatic heterocycles. The molecule has 2 rings (SSSR count). The van der Waals surface area contributed by atoms with Gasteiger partial charge in [0.05, 0.1) is 45.7 Å². The Morgan fingerprint density at radius 2 is 1.36 bits per heavy atom. The molecule has 0 saturated heterocycles. The van der Waals surface area contributed by atoms with Gasteiger partial charge in [-0.15, -0.1) is 0 Å². The second-order valence-electron chi connectivity index (χ2n) is 13.0. The van der Waals surface area contributed by atoms with Gasteiger partial charge in [0.15, 0.2) is 0 Å². The number of nitrogens with one attached hydrogen (secondary N) is 1. The normalized spacial score (nSPS) is 14.2. The summed E-state index contributed by atoms with van der Waals surface area (Å²) in [5.74, 6) is -2.22. The number of aliphatic hydroxyl groups is 1. The third-order valence-corrected chi connectivity index (χ3v) is 7.41. The number of nitrogens with zero attached hydrogens (tertiary/aromatic N) is 1. The molecule has 0 aliphatic rings. The van der Waals surface area contributed by atoms with Crippen LogP contribution in [-0.2, 0) is 41.4 Å². The number of amides is 3. The number of hydrogen-bond acceptors (Lipinski definition) is 9. The molecule has 0 aliphatic carbocycles. The average Bonchev–Trinajstić information content (AvgIpc) is 3.02. The topological polar surface area (TPSA) is 150 Å². The minimum absolute atomic E-state index is 0.0333. The number of rotatable bonds is 20. The lowest BCUT2D eigenvalue weighted by Crippen LogP contribution is -2.56. The van der Waals surface area contributed by atoms with Crippen LogP contribution < -0.4 is 11.1 Å². The SMILES string of the molecule is COCCOCCOCCN(C(=O)C(NC(=O)OC(C)(C)C)C(C)C)C(=O)[C@H](Cc1ccccc1)C[C@H](O)[C@@H](N)Cc1ccccc1. The Morgan fingerprint density at radius 1 is 0.830 bits per heavy atom. The molecule has 0 heterocycles. The fourth-order valence-electron chi connectivity index (χ4n) is 4.94. The van der Waals surface area contributed by atoms with Gasteiger partial charge in [0.25, 0.3) is 5.91 Å². The first kappa shape index (κ1) is 39.8. The summed E-state index contributed by atoms with van der Waals surface area (Å²) in [6.45, 7) is 10.2. The molecule has 4 atom stereocenters. The number of ether oxygens (including phenoxy) is 4. The number of hydrogen-bond donors (Lipinski definition) is 3. The third kappa shape index (κ3) is 15.4. The summed E-state index contributed by atoms with van der Waals surface area (Å²) >= 11 is 0. The zero-order chi connectivity index (χ0) is 34.8. The number of methoxy groups -OCH3 is 1. The molecule has 0 radical (unpaired) electrons. The van der Waals surface area contributed by atoms with E-state index in [2.05, 4.69) is 5.32 Å². The monoisotopic (exact) mass is 657 g/mol. The second kappa shape index (κ2) is 20.8. The maximum absolute atomic E-state index is 14.4. The molecule has 11 heteroatoms. The summed E-state index contributed by atoms with van der Waals surface area (Å²) in [5, 5.41) is 13.9. The van der Waals surface area contributed by atoms with Crippen LogP contribution in [0, 0.1) is 11.8 Å². The maximum Gasteiger partial charge on any atom is 0.408 e. The number of benzene rings is 2. The molecule has 2 aromatic rings. The summed E-state index contributed by atoms with van der Waals surface area (Å²) in [5.41, 5.74) is 7.50. The Labute approximate surface area is 280 Å². The minimum atomic E-state index is -1.05. The van der Waals surface area contributed by atoms with E-state index in [9.17, 15) is 19.5 Å². The lowest BCUT2D eigenvalue weighted by Gasteiger charge is -2.32. The molecule has 0 fully saturated rings. The molecule has 11 nitrogen and oxygen atoms in total. The van der Waals surface area contributed by atoms with Gasteiger partial charge < -0.3 is 35.1 Å². The first-order valence-electron chi connectivity index (χ1n) is 16.3. The highest BCUT2D eigenvalue weighted by molar-refractivity contribution is 6.00. The van der Waals surface area contributed by atoms with Crippen molar-refractivity contribution in [3.05, 3.63) is 71.8 Å². The van der Waals surface area contributed by atoms with Crippen LogP contribution in [0.25, 0.3) is 0 Å². The van der Waals surface area contributed by atoms with Gasteiger partial charge in [0, 0.05) is 19.1 Å². The quantitative estimate of drug-likeness (QED) is 0.181. The van der Waals surface area contributed by atoms with Crippen molar-refractivity contribution in [2.24, 2.45) is 17.6 Å². The number of alkyl carbamates (subject to hydrolysis) is 1. The van der Waals surface area contributed by atoms with E-state index in [4.69, 9.17) is 24.7 Å². The van der Waals surface area contributed by atoms with Gasteiger partial charge in [-0.2, -0.15) is 0 Å². The van der Waals surface area contributed by atoms with E-state index in [-0.39, 0.29) is 38.5 Å². The summed E-state index contributed by atoms with van der Waals surface area (Å²) in [4.78, 5) is 42.4. The van der Waals surface area contributed by atoms with Gasteiger partial charge in [-0.25, -0.2) is 4.79 Å². The molecule has 0 aliphatic heterocycles. The van der Waals surface area contributed by atoms with Crippen LogP contribution in [0.4, 0.5) is 4.79 Å². The van der Waals surface area contributed by atoms with Crippen LogP contribution >= 0.6 is 0 Å². The molecular formula is C36H55N3O8. The molecule has 262 valence electrons. The van der Waals surface area contributed by atoms with Crippen molar-refractivity contribution in [3.8, 4) is 0 Å². The first-order valence-corrected chi connectivity index (χ1v) is 16.3. The van der Waals surface area contributed by atoms with Gasteiger partial charge in [-0.05, 0) is 57.1 Å². The van der Waals surface area contributed by atoms with Gasteiger partial charge in [0.1, 0.15) is 11.6 Å². The Balaban J connectivity index is 2.33. The van der Waals surface area contributed by atoms with Crippen molar-refractivity contribution in [1.29, 1.82) is 0 Å². The number of nitrogens with two attached hydrogens (primary N) is 1. The number of imide groups is 1. The molecule has 47 heavy (non-hydrogen) atoms. The number of carbonyl (C=O) groups is 3. The summed E-state index contributed by atoms with van der Waals surface area (Å²) in [6, 6.07) is 17.3. The van der Waals surface area contributed by atoms with Crippen LogP contribution in [0.1, 0.15) is 52.2 Å². The van der Waals surface area contributed by atoms with E-state index in [1.165, 1.54) is 0 Å². The molecule has 3 amide bonds. The molecular weight excluding hydrogens is 602 g/mol. The Hall–Kier alpha value is -3.35. The van der Waals surface area contributed by atoms with Gasteiger partial charge in [0.2, 0.25) is 5.91 Å². The van der Waals surface area contributed by atoms with E-state index < -0.39 is 47.6 Å². The van der Waals surface area contributed by atoms with E-state index in [1.54, 1.807) is 41.7 Å². The Kier molecular flexibility index (Phi) is 17.6. The number of carbonyl (C=O) groups excluding carboxylic acids is 3. The smallest absolute Gasteiger partial charge is 0.408 e. The summed E-state index contributed by atoms with van der Waals surface area (Å²) < 4.78 is 21.6. The van der Waals surface area contributed by atoms with Crippen molar-refractivity contribution >= 4 is 17.9 Å². The third-order valence-electron chi connectivity index (χ3n) is 7.41. The van der Waals surface area contributed by atoms with Crippen molar-refractivity contribution in [1.82, 2.24) is 10.2 Å². The predicted octanol–water partition coefficient (Wildman–Crippen LogP) is 3.75. The Bertz CT molecular complexity index is 1190. The van der Waals surface area contributed by atoms with Gasteiger partial charge in [-0.3, -0.25) is 14.5 Å². The average molecular weight is 658 g/mol. The van der Waals surface area contributed by atoms with Crippen LogP contribution in [0.2, 0.25) is 0 Å². The molecule has 1 unspecified atom stereocenters. The molecule has 0 bridgehead atoms. The van der Waals surface area contributed by atoms with Crippen LogP contribution in [-0.4, -0.2) is 98.4 Å². The highest BCUT2D eigenvalue weighted by Gasteiger charge is 2.37. The summed E-state index contributed by atoms with van der Waals surface area (Å²) in [6.07, 6.45) is -1.05. The van der Waals surface area contributed by atoms with E-state index in [0.29, 0.717) is 26.2 Å². The van der Waals surface area contributed by atoms with E-state index >= 15 is 0 Å². The fourth-order valence-corrected chi connectivity index (χ4v) is 4.94. The van der Waals surface area contributed by atoms with Crippen molar-refractivity contribution in [2.75, 3.05) is 46.7 Å². The van der Waals surface area contributed by atoms with Crippen molar-refractivity contribution in [3.63, 3.8) is 0 Å². The van der Waals surface area contributed by atoms with Crippen molar-refractivity contribution in [2.45, 2.75) is 77.7 Å². The highest BCUT2D eigenvalue weighted by atomic mass is 16.6. The first-order chi connectivity index (χ1) is 22.3. The van der Waals surface area contributed by atoms with Gasteiger partial charge >= 0.3 is 6.09 Å². The lowest BCUT2D eigenvalue weighted by atomic mass is 9.88.